The van der Waals surface area contributed by atoms with Crippen molar-refractivity contribution in [2.45, 2.75) is 251 Å². The molecule has 0 rings (SSSR count). The monoisotopic (exact) mass is 707 g/mol. The van der Waals surface area contributed by atoms with E-state index in [1.807, 2.05) is 0 Å². The molecule has 296 valence electrons. The topological polar surface area (TPSA) is 72.8 Å². The molecule has 5 heteroatoms. The summed E-state index contributed by atoms with van der Waals surface area (Å²) in [5, 5.41) is 9.58. The predicted octanol–water partition coefficient (Wildman–Crippen LogP) is 14.1. The molecule has 5 nitrogen and oxygen atoms in total. The van der Waals surface area contributed by atoms with Crippen molar-refractivity contribution in [2.24, 2.45) is 0 Å². The average molecular weight is 707 g/mol. The highest BCUT2D eigenvalue weighted by atomic mass is 16.6. The van der Waals surface area contributed by atoms with E-state index >= 15 is 0 Å². The molecule has 0 saturated heterocycles. The fourth-order valence-electron chi connectivity index (χ4n) is 6.67. The zero-order chi connectivity index (χ0) is 36.4. The first kappa shape index (κ1) is 48.6. The van der Waals surface area contributed by atoms with Crippen LogP contribution in [-0.4, -0.2) is 36.4 Å². The van der Waals surface area contributed by atoms with Crippen molar-refractivity contribution in [3.05, 3.63) is 12.2 Å². The quantitative estimate of drug-likeness (QED) is 0.0389. The van der Waals surface area contributed by atoms with Gasteiger partial charge in [-0.2, -0.15) is 0 Å². The minimum Gasteiger partial charge on any atom is -0.462 e. The Morgan fingerprint density at radius 1 is 0.440 bits per heavy atom. The van der Waals surface area contributed by atoms with E-state index in [9.17, 15) is 14.7 Å². The normalized spacial score (nSPS) is 12.1. The third kappa shape index (κ3) is 39.4. The molecule has 0 aliphatic carbocycles. The predicted molar refractivity (Wildman–Crippen MR) is 215 cm³/mol. The van der Waals surface area contributed by atoms with Gasteiger partial charge in [-0.25, -0.2) is 0 Å². The maximum absolute atomic E-state index is 12.2. The number of aliphatic hydroxyl groups excluding tert-OH is 1. The summed E-state index contributed by atoms with van der Waals surface area (Å²) in [6, 6.07) is 0. The molecular formula is C45H86O5. The second-order valence-electron chi connectivity index (χ2n) is 15.1. The number of carbonyl (C=O) groups excluding carboxylic acids is 2. The van der Waals surface area contributed by atoms with E-state index in [0.717, 1.165) is 38.5 Å². The summed E-state index contributed by atoms with van der Waals surface area (Å²) in [5.74, 6) is -0.577. The van der Waals surface area contributed by atoms with Crippen LogP contribution < -0.4 is 0 Å². The molecule has 50 heavy (non-hydrogen) atoms. The van der Waals surface area contributed by atoms with E-state index in [-0.39, 0.29) is 25.2 Å². The molecule has 1 atom stereocenters. The Kier molecular flexibility index (Phi) is 40.9. The Hall–Kier alpha value is -1.36. The van der Waals surface area contributed by atoms with Crippen LogP contribution in [0.15, 0.2) is 12.2 Å². The van der Waals surface area contributed by atoms with Crippen LogP contribution in [0.1, 0.15) is 245 Å². The number of hydrogen-bond donors (Lipinski definition) is 1. The Labute approximate surface area is 311 Å². The molecule has 0 heterocycles. The molecule has 0 radical (unpaired) electrons. The standard InChI is InChI=1S/C45H86O5/c1-3-5-7-9-11-13-15-17-19-20-21-22-23-24-26-27-29-31-33-35-37-39-44(47)49-42-43(41-46)50-45(48)40-38-36-34-32-30-28-25-18-16-14-12-10-8-6-4-2/h17,19,43,46H,3-16,18,20-42H2,1-2H3. The first-order valence-corrected chi connectivity index (χ1v) is 22.2. The highest BCUT2D eigenvalue weighted by molar-refractivity contribution is 5.70. The maximum Gasteiger partial charge on any atom is 0.306 e. The summed E-state index contributed by atoms with van der Waals surface area (Å²) >= 11 is 0. The smallest absolute Gasteiger partial charge is 0.306 e. The van der Waals surface area contributed by atoms with E-state index in [4.69, 9.17) is 9.47 Å². The summed E-state index contributed by atoms with van der Waals surface area (Å²) < 4.78 is 10.6. The second-order valence-corrected chi connectivity index (χ2v) is 15.1. The number of hydrogen-bond acceptors (Lipinski definition) is 5. The van der Waals surface area contributed by atoms with E-state index < -0.39 is 6.10 Å². The zero-order valence-electron chi connectivity index (χ0n) is 33.7. The van der Waals surface area contributed by atoms with Crippen LogP contribution in [0.2, 0.25) is 0 Å². The van der Waals surface area contributed by atoms with Crippen LogP contribution in [0.3, 0.4) is 0 Å². The van der Waals surface area contributed by atoms with Crippen LogP contribution in [0.4, 0.5) is 0 Å². The number of ether oxygens (including phenoxy) is 2. The van der Waals surface area contributed by atoms with Crippen LogP contribution in [0, 0.1) is 0 Å². The first-order valence-electron chi connectivity index (χ1n) is 22.2. The fourth-order valence-corrected chi connectivity index (χ4v) is 6.67. The van der Waals surface area contributed by atoms with Crippen molar-refractivity contribution < 1.29 is 24.2 Å². The van der Waals surface area contributed by atoms with Crippen LogP contribution in [0.25, 0.3) is 0 Å². The number of allylic oxidation sites excluding steroid dienone is 2. The highest BCUT2D eigenvalue weighted by Gasteiger charge is 2.16. The lowest BCUT2D eigenvalue weighted by molar-refractivity contribution is -0.161. The van der Waals surface area contributed by atoms with Crippen LogP contribution in [0.5, 0.6) is 0 Å². The van der Waals surface area contributed by atoms with Crippen LogP contribution >= 0.6 is 0 Å². The molecule has 0 aliphatic heterocycles. The minimum absolute atomic E-state index is 0.0596. The molecule has 0 spiro atoms. The van der Waals surface area contributed by atoms with Crippen molar-refractivity contribution in [1.29, 1.82) is 0 Å². The Morgan fingerprint density at radius 3 is 1.08 bits per heavy atom. The molecule has 0 aromatic rings. The molecule has 1 N–H and O–H groups in total. The van der Waals surface area contributed by atoms with Crippen LogP contribution in [-0.2, 0) is 19.1 Å². The van der Waals surface area contributed by atoms with E-state index in [2.05, 4.69) is 26.0 Å². The van der Waals surface area contributed by atoms with Gasteiger partial charge in [0.2, 0.25) is 0 Å². The number of unbranched alkanes of at least 4 members (excludes halogenated alkanes) is 31. The van der Waals surface area contributed by atoms with Crippen molar-refractivity contribution in [3.8, 4) is 0 Å². The summed E-state index contributed by atoms with van der Waals surface area (Å²) in [7, 11) is 0. The van der Waals surface area contributed by atoms with Crippen molar-refractivity contribution in [3.63, 3.8) is 0 Å². The summed E-state index contributed by atoms with van der Waals surface area (Å²) in [6.45, 7) is 4.16. The van der Waals surface area contributed by atoms with Crippen molar-refractivity contribution in [1.82, 2.24) is 0 Å². The minimum atomic E-state index is -0.764. The zero-order valence-corrected chi connectivity index (χ0v) is 33.7. The Bertz CT molecular complexity index is 720. The molecule has 0 bridgehead atoms. The molecule has 0 saturated carbocycles. The summed E-state index contributed by atoms with van der Waals surface area (Å²) in [5.41, 5.74) is 0. The summed E-state index contributed by atoms with van der Waals surface area (Å²) in [6.07, 6.45) is 48.5. The van der Waals surface area contributed by atoms with Gasteiger partial charge in [0.1, 0.15) is 6.61 Å². The Balaban J connectivity index is 3.47. The number of aliphatic hydroxyl groups is 1. The molecule has 0 amide bonds. The molecule has 0 aliphatic rings. The van der Waals surface area contributed by atoms with Gasteiger partial charge in [0.15, 0.2) is 6.10 Å². The molecule has 0 aromatic carbocycles. The lowest BCUT2D eigenvalue weighted by Gasteiger charge is -2.15. The van der Waals surface area contributed by atoms with Gasteiger partial charge in [0, 0.05) is 12.8 Å². The molecule has 0 aromatic heterocycles. The third-order valence-electron chi connectivity index (χ3n) is 10.1. The second kappa shape index (κ2) is 42.1. The van der Waals surface area contributed by atoms with Gasteiger partial charge in [-0.3, -0.25) is 9.59 Å². The number of esters is 2. The first-order chi connectivity index (χ1) is 24.6. The lowest BCUT2D eigenvalue weighted by atomic mass is 10.0. The fraction of sp³-hybridized carbons (Fsp3) is 0.911. The van der Waals surface area contributed by atoms with E-state index in [1.54, 1.807) is 0 Å². The van der Waals surface area contributed by atoms with Gasteiger partial charge in [-0.1, -0.05) is 206 Å². The number of rotatable bonds is 41. The van der Waals surface area contributed by atoms with Gasteiger partial charge in [-0.15, -0.1) is 0 Å². The third-order valence-corrected chi connectivity index (χ3v) is 10.1. The van der Waals surface area contributed by atoms with Gasteiger partial charge < -0.3 is 14.6 Å². The maximum atomic E-state index is 12.2. The molecule has 1 unspecified atom stereocenters. The Morgan fingerprint density at radius 2 is 0.740 bits per heavy atom. The van der Waals surface area contributed by atoms with Gasteiger partial charge in [0.25, 0.3) is 0 Å². The van der Waals surface area contributed by atoms with Gasteiger partial charge in [0.05, 0.1) is 6.61 Å². The molecular weight excluding hydrogens is 620 g/mol. The lowest BCUT2D eigenvalue weighted by Crippen LogP contribution is -2.28. The van der Waals surface area contributed by atoms with Gasteiger partial charge >= 0.3 is 11.9 Å². The number of carbonyl (C=O) groups is 2. The van der Waals surface area contributed by atoms with Crippen molar-refractivity contribution >= 4 is 11.9 Å². The largest absolute Gasteiger partial charge is 0.462 e. The SMILES string of the molecule is CCCCCCCCC=CCCCCCCCCCCCCCC(=O)OCC(CO)OC(=O)CCCCCCCCCCCCCCCCC. The van der Waals surface area contributed by atoms with Gasteiger partial charge in [-0.05, 0) is 38.5 Å². The molecule has 0 fully saturated rings. The van der Waals surface area contributed by atoms with Crippen molar-refractivity contribution in [2.75, 3.05) is 13.2 Å². The highest BCUT2D eigenvalue weighted by Crippen LogP contribution is 2.16. The summed E-state index contributed by atoms with van der Waals surface area (Å²) in [4.78, 5) is 24.3. The van der Waals surface area contributed by atoms with E-state index in [1.165, 1.54) is 180 Å². The van der Waals surface area contributed by atoms with E-state index in [0.29, 0.717) is 12.8 Å². The average Bonchev–Trinajstić information content (AvgIpc) is 3.12.